The summed E-state index contributed by atoms with van der Waals surface area (Å²) >= 11 is 2.70. The van der Waals surface area contributed by atoms with Gasteiger partial charge in [-0.3, -0.25) is 9.52 Å². The predicted molar refractivity (Wildman–Crippen MR) is 162 cm³/mol. The molecule has 234 valence electrons. The Morgan fingerprint density at radius 2 is 1.74 bits per heavy atom. The first-order valence-corrected chi connectivity index (χ1v) is 16.3. The number of hydrogen-bond acceptors (Lipinski definition) is 7. The molecule has 1 aliphatic heterocycles. The van der Waals surface area contributed by atoms with Crippen LogP contribution in [-0.2, 0) is 9.53 Å². The lowest BCUT2D eigenvalue weighted by molar-refractivity contribution is -0.213. The lowest BCUT2D eigenvalue weighted by Gasteiger charge is -2.58. The highest BCUT2D eigenvalue weighted by molar-refractivity contribution is 7.99. The minimum atomic E-state index is -2.39. The van der Waals surface area contributed by atoms with Crippen LogP contribution in [-0.4, -0.2) is 54.8 Å². The summed E-state index contributed by atoms with van der Waals surface area (Å²) in [6, 6.07) is 11.0. The zero-order chi connectivity index (χ0) is 31.1. The number of nitrogens with one attached hydrogen (secondary N) is 1. The van der Waals surface area contributed by atoms with Crippen LogP contribution in [0.4, 0.5) is 23.2 Å². The molecule has 1 amide bonds. The molecule has 3 aliphatic rings. The Morgan fingerprint density at radius 3 is 2.35 bits per heavy atom. The number of alkyl halides is 2. The molecule has 0 unspecified atom stereocenters. The first-order chi connectivity index (χ1) is 20.5. The second kappa shape index (κ2) is 14.5. The lowest BCUT2D eigenvalue weighted by atomic mass is 9.61. The zero-order valence-electron chi connectivity index (χ0n) is 24.3. The Morgan fingerprint density at radius 1 is 1.07 bits per heavy atom. The van der Waals surface area contributed by atoms with Crippen LogP contribution in [0.3, 0.4) is 0 Å². The third kappa shape index (κ3) is 8.81. The Labute approximate surface area is 259 Å². The SMILES string of the molecule is COC1(C(=O)NSc2cc(F)c(N)c(C#N)c2)CCCCC1.Fc1ccc(SCCCCN2CC3(C2)CC(F)(F)C3)cc1. The number of rotatable bonds is 10. The summed E-state index contributed by atoms with van der Waals surface area (Å²) in [5.41, 5.74) is 4.47. The van der Waals surface area contributed by atoms with Crippen LogP contribution in [0.15, 0.2) is 46.2 Å². The molecule has 1 spiro atoms. The topological polar surface area (TPSA) is 91.4 Å². The van der Waals surface area contributed by atoms with Gasteiger partial charge >= 0.3 is 0 Å². The normalized spacial score (nSPS) is 19.7. The number of ether oxygens (including phenoxy) is 1. The molecule has 2 aromatic carbocycles. The monoisotopic (exact) mass is 638 g/mol. The van der Waals surface area contributed by atoms with Gasteiger partial charge in [-0.15, -0.1) is 11.8 Å². The summed E-state index contributed by atoms with van der Waals surface area (Å²) in [5.74, 6) is -2.47. The lowest BCUT2D eigenvalue weighted by Crippen LogP contribution is -2.65. The van der Waals surface area contributed by atoms with Crippen LogP contribution in [0, 0.1) is 28.4 Å². The van der Waals surface area contributed by atoms with Gasteiger partial charge in [-0.05, 0) is 86.3 Å². The van der Waals surface area contributed by atoms with E-state index >= 15 is 0 Å². The van der Waals surface area contributed by atoms with E-state index in [-0.39, 0.29) is 41.2 Å². The van der Waals surface area contributed by atoms with Crippen LogP contribution < -0.4 is 10.5 Å². The molecule has 0 radical (unpaired) electrons. The van der Waals surface area contributed by atoms with E-state index < -0.39 is 17.3 Å². The van der Waals surface area contributed by atoms with Crippen LogP contribution in [0.1, 0.15) is 63.4 Å². The van der Waals surface area contributed by atoms with Crippen LogP contribution in [0.5, 0.6) is 0 Å². The highest BCUT2D eigenvalue weighted by Crippen LogP contribution is 2.56. The van der Waals surface area contributed by atoms with Crippen molar-refractivity contribution < 1.29 is 27.1 Å². The minimum absolute atomic E-state index is 0.0492. The number of carbonyl (C=O) groups excluding carboxylic acids is 1. The fraction of sp³-hybridized carbons (Fsp3) is 0.548. The summed E-state index contributed by atoms with van der Waals surface area (Å²) in [5, 5.41) is 8.91. The van der Waals surface area contributed by atoms with Crippen molar-refractivity contribution >= 4 is 35.3 Å². The van der Waals surface area contributed by atoms with Crippen molar-refractivity contribution in [1.29, 1.82) is 5.26 Å². The number of nitrogens with two attached hydrogens (primary N) is 1. The Balaban J connectivity index is 0.000000197. The van der Waals surface area contributed by atoms with Gasteiger partial charge in [0.25, 0.3) is 5.91 Å². The standard InChI is InChI=1S/C16H20F3NS.C15H18FN3O2S/c17-13-3-5-14(6-4-13)21-8-2-1-7-20-11-15(12-20)9-16(18,19)10-15;1-21-15(5-3-2-4-6-15)14(20)19-22-11-7-10(9-17)13(18)12(16)8-11/h3-6H,1-2,7-12H2;7-8H,2-6,18H2,1H3,(H,19,20). The van der Waals surface area contributed by atoms with Crippen LogP contribution >= 0.6 is 23.7 Å². The molecule has 0 bridgehead atoms. The number of benzene rings is 2. The molecule has 5 rings (SSSR count). The molecule has 3 fully saturated rings. The van der Waals surface area contributed by atoms with E-state index in [2.05, 4.69) is 9.62 Å². The van der Waals surface area contributed by atoms with Crippen molar-refractivity contribution in [3.05, 3.63) is 53.6 Å². The summed E-state index contributed by atoms with van der Waals surface area (Å²) in [6.07, 6.45) is 6.73. The van der Waals surface area contributed by atoms with Gasteiger partial charge in [0.2, 0.25) is 5.92 Å². The average Bonchev–Trinajstić information content (AvgIpc) is 2.96. The van der Waals surface area contributed by atoms with E-state index in [0.717, 1.165) is 74.3 Å². The molecular weight excluding hydrogens is 600 g/mol. The minimum Gasteiger partial charge on any atom is -0.395 e. The molecule has 3 N–H and O–H groups in total. The highest BCUT2D eigenvalue weighted by atomic mass is 32.2. The van der Waals surface area contributed by atoms with Crippen molar-refractivity contribution in [1.82, 2.24) is 9.62 Å². The quantitative estimate of drug-likeness (QED) is 0.0937. The molecule has 2 saturated carbocycles. The van der Waals surface area contributed by atoms with Gasteiger partial charge in [0.05, 0.1) is 11.3 Å². The maximum Gasteiger partial charge on any atom is 0.262 e. The smallest absolute Gasteiger partial charge is 0.262 e. The van der Waals surface area contributed by atoms with E-state index in [9.17, 15) is 22.4 Å². The first-order valence-electron chi connectivity index (χ1n) is 14.5. The van der Waals surface area contributed by atoms with E-state index in [1.54, 1.807) is 23.9 Å². The molecular formula is C31H38F4N4O2S2. The number of amides is 1. The molecule has 1 heterocycles. The number of halogens is 4. The number of anilines is 1. The van der Waals surface area contributed by atoms with Crippen molar-refractivity contribution in [2.24, 2.45) is 5.41 Å². The fourth-order valence-electron chi connectivity index (χ4n) is 6.08. The number of nitrogens with zero attached hydrogens (tertiary/aromatic N) is 2. The second-order valence-corrected chi connectivity index (χ2v) is 13.7. The summed E-state index contributed by atoms with van der Waals surface area (Å²) < 4.78 is 60.3. The van der Waals surface area contributed by atoms with Gasteiger partial charge in [0.1, 0.15) is 23.3 Å². The number of methoxy groups -OCH3 is 1. The van der Waals surface area contributed by atoms with E-state index in [0.29, 0.717) is 17.7 Å². The highest BCUT2D eigenvalue weighted by Gasteiger charge is 2.61. The van der Waals surface area contributed by atoms with Crippen molar-refractivity contribution in [2.75, 3.05) is 38.2 Å². The first kappa shape index (κ1) is 33.4. The average molecular weight is 639 g/mol. The largest absolute Gasteiger partial charge is 0.395 e. The molecule has 0 atom stereocenters. The van der Waals surface area contributed by atoms with Gasteiger partial charge in [0, 0.05) is 48.2 Å². The molecule has 2 aromatic rings. The molecule has 6 nitrogen and oxygen atoms in total. The number of hydrogen-bond donors (Lipinski definition) is 2. The molecule has 2 aliphatic carbocycles. The number of unbranched alkanes of at least 4 members (excludes halogenated alkanes) is 1. The fourth-order valence-corrected chi connectivity index (χ4v) is 7.73. The van der Waals surface area contributed by atoms with Crippen LogP contribution in [0.2, 0.25) is 0 Å². The van der Waals surface area contributed by atoms with E-state index in [1.807, 2.05) is 6.07 Å². The summed E-state index contributed by atoms with van der Waals surface area (Å²) in [6.45, 7) is 2.72. The van der Waals surface area contributed by atoms with E-state index in [1.165, 1.54) is 31.4 Å². The number of carbonyl (C=O) groups is 1. The Bertz CT molecular complexity index is 1280. The summed E-state index contributed by atoms with van der Waals surface area (Å²) in [4.78, 5) is 16.2. The van der Waals surface area contributed by atoms with E-state index in [4.69, 9.17) is 15.7 Å². The van der Waals surface area contributed by atoms with Gasteiger partial charge in [-0.25, -0.2) is 17.6 Å². The van der Waals surface area contributed by atoms with Gasteiger partial charge in [0.15, 0.2) is 0 Å². The van der Waals surface area contributed by atoms with Crippen molar-refractivity contribution in [3.63, 3.8) is 0 Å². The number of likely N-dealkylation sites (tertiary alicyclic amines) is 1. The predicted octanol–water partition coefficient (Wildman–Crippen LogP) is 7.18. The molecule has 0 aromatic heterocycles. The summed E-state index contributed by atoms with van der Waals surface area (Å²) in [7, 11) is 1.53. The number of nitriles is 1. The Hall–Kier alpha value is -2.46. The Kier molecular flexibility index (Phi) is 11.3. The number of nitrogen functional groups attached to an aromatic ring is 1. The maximum atomic E-state index is 13.6. The maximum absolute atomic E-state index is 13.6. The van der Waals surface area contributed by atoms with Crippen molar-refractivity contribution in [2.45, 2.75) is 79.1 Å². The molecule has 1 saturated heterocycles. The van der Waals surface area contributed by atoms with Crippen LogP contribution in [0.25, 0.3) is 0 Å². The molecule has 12 heteroatoms. The second-order valence-electron chi connectivity index (χ2n) is 11.7. The van der Waals surface area contributed by atoms with Gasteiger partial charge in [-0.1, -0.05) is 19.3 Å². The number of thioether (sulfide) groups is 1. The van der Waals surface area contributed by atoms with Gasteiger partial charge in [-0.2, -0.15) is 5.26 Å². The molecule has 43 heavy (non-hydrogen) atoms. The third-order valence-corrected chi connectivity index (χ3v) is 10.1. The third-order valence-electron chi connectivity index (χ3n) is 8.29. The zero-order valence-corrected chi connectivity index (χ0v) is 25.9. The van der Waals surface area contributed by atoms with Gasteiger partial charge < -0.3 is 15.4 Å². The van der Waals surface area contributed by atoms with Crippen molar-refractivity contribution in [3.8, 4) is 6.07 Å².